The van der Waals surface area contributed by atoms with Crippen molar-refractivity contribution in [3.63, 3.8) is 0 Å². The highest BCUT2D eigenvalue weighted by Crippen LogP contribution is 2.19. The molecule has 0 aliphatic carbocycles. The molecule has 0 bridgehead atoms. The van der Waals surface area contributed by atoms with Crippen LogP contribution in [0.15, 0.2) is 54.6 Å². The molecule has 0 aromatic heterocycles. The van der Waals surface area contributed by atoms with Gasteiger partial charge in [-0.2, -0.15) is 0 Å². The highest BCUT2D eigenvalue weighted by molar-refractivity contribution is 5.89. The van der Waals surface area contributed by atoms with E-state index in [4.69, 9.17) is 4.74 Å². The Labute approximate surface area is 184 Å². The fourth-order valence-electron chi connectivity index (χ4n) is 3.37. The molecule has 0 atom stereocenters. The average Bonchev–Trinajstić information content (AvgIpc) is 2.74. The Balaban J connectivity index is 1.48. The van der Waals surface area contributed by atoms with E-state index >= 15 is 0 Å². The summed E-state index contributed by atoms with van der Waals surface area (Å²) in [5, 5.41) is 2.94. The first-order chi connectivity index (χ1) is 14.7. The zero-order chi connectivity index (χ0) is 22.4. The molecular formula is C24H32N4O3. The van der Waals surface area contributed by atoms with Crippen LogP contribution in [0, 0.1) is 0 Å². The molecule has 1 aliphatic heterocycles. The molecule has 7 heteroatoms. The Morgan fingerprint density at radius 1 is 0.935 bits per heavy atom. The first-order valence-electron chi connectivity index (χ1n) is 10.6. The van der Waals surface area contributed by atoms with Crippen LogP contribution in [0.25, 0.3) is 0 Å². The molecule has 3 amide bonds. The van der Waals surface area contributed by atoms with E-state index in [1.54, 1.807) is 9.80 Å². The lowest BCUT2D eigenvalue weighted by atomic mass is 10.2. The van der Waals surface area contributed by atoms with E-state index < -0.39 is 5.60 Å². The van der Waals surface area contributed by atoms with Crippen molar-refractivity contribution in [2.75, 3.05) is 43.4 Å². The van der Waals surface area contributed by atoms with Gasteiger partial charge >= 0.3 is 12.1 Å². The molecule has 1 N–H and O–H groups in total. The van der Waals surface area contributed by atoms with Gasteiger partial charge in [0.1, 0.15) is 5.60 Å². The van der Waals surface area contributed by atoms with Gasteiger partial charge in [-0.1, -0.05) is 30.3 Å². The summed E-state index contributed by atoms with van der Waals surface area (Å²) >= 11 is 0. The molecule has 0 radical (unpaired) electrons. The SMILES string of the molecule is CN(Cc1ccccc1)c1ccc(NC(=O)N2CCN(C(=O)OC(C)(C)C)CC2)cc1. The molecule has 1 fully saturated rings. The molecule has 2 aromatic carbocycles. The van der Waals surface area contributed by atoms with Gasteiger partial charge < -0.3 is 24.8 Å². The number of urea groups is 1. The monoisotopic (exact) mass is 424 g/mol. The van der Waals surface area contributed by atoms with E-state index in [0.29, 0.717) is 26.2 Å². The van der Waals surface area contributed by atoms with Gasteiger partial charge in [-0.3, -0.25) is 0 Å². The predicted octanol–water partition coefficient (Wildman–Crippen LogP) is 4.41. The number of carbonyl (C=O) groups excluding carboxylic acids is 2. The highest BCUT2D eigenvalue weighted by Gasteiger charge is 2.27. The quantitative estimate of drug-likeness (QED) is 0.790. The molecule has 0 unspecified atom stereocenters. The largest absolute Gasteiger partial charge is 0.444 e. The smallest absolute Gasteiger partial charge is 0.410 e. The van der Waals surface area contributed by atoms with Gasteiger partial charge in [0.25, 0.3) is 0 Å². The molecule has 0 saturated carbocycles. The average molecular weight is 425 g/mol. The zero-order valence-electron chi connectivity index (χ0n) is 18.8. The van der Waals surface area contributed by atoms with Crippen LogP contribution in [-0.2, 0) is 11.3 Å². The fourth-order valence-corrected chi connectivity index (χ4v) is 3.37. The maximum atomic E-state index is 12.6. The standard InChI is InChI=1S/C24H32N4O3/c1-24(2,3)31-23(30)28-16-14-27(15-17-28)22(29)25-20-10-12-21(13-11-20)26(4)18-19-8-6-5-7-9-19/h5-13H,14-18H2,1-4H3,(H,25,29). The molecule has 1 aliphatic rings. The number of ether oxygens (including phenoxy) is 1. The molecule has 1 heterocycles. The van der Waals surface area contributed by atoms with Gasteiger partial charge in [-0.25, -0.2) is 9.59 Å². The van der Waals surface area contributed by atoms with Crippen LogP contribution in [0.3, 0.4) is 0 Å². The zero-order valence-corrected chi connectivity index (χ0v) is 18.8. The van der Waals surface area contributed by atoms with Gasteiger partial charge in [0, 0.05) is 51.1 Å². The number of rotatable bonds is 4. The van der Waals surface area contributed by atoms with Crippen molar-refractivity contribution >= 4 is 23.5 Å². The van der Waals surface area contributed by atoms with Crippen molar-refractivity contribution in [3.05, 3.63) is 60.2 Å². The lowest BCUT2D eigenvalue weighted by molar-refractivity contribution is 0.0174. The number of hydrogen-bond donors (Lipinski definition) is 1. The van der Waals surface area contributed by atoms with Crippen molar-refractivity contribution < 1.29 is 14.3 Å². The van der Waals surface area contributed by atoms with Gasteiger partial charge in [0.05, 0.1) is 0 Å². The Morgan fingerprint density at radius 2 is 1.52 bits per heavy atom. The first-order valence-corrected chi connectivity index (χ1v) is 10.6. The van der Waals surface area contributed by atoms with Crippen LogP contribution in [-0.4, -0.2) is 60.8 Å². The number of amides is 3. The van der Waals surface area contributed by atoms with Gasteiger partial charge in [-0.05, 0) is 50.6 Å². The normalized spacial score (nSPS) is 14.2. The van der Waals surface area contributed by atoms with Gasteiger partial charge in [-0.15, -0.1) is 0 Å². The van der Waals surface area contributed by atoms with E-state index in [9.17, 15) is 9.59 Å². The predicted molar refractivity (Wildman–Crippen MR) is 123 cm³/mol. The van der Waals surface area contributed by atoms with Crippen LogP contribution in [0.4, 0.5) is 21.0 Å². The summed E-state index contributed by atoms with van der Waals surface area (Å²) < 4.78 is 5.40. The van der Waals surface area contributed by atoms with Crippen LogP contribution in [0.1, 0.15) is 26.3 Å². The van der Waals surface area contributed by atoms with E-state index in [1.807, 2.05) is 70.3 Å². The molecular weight excluding hydrogens is 392 g/mol. The van der Waals surface area contributed by atoms with E-state index in [-0.39, 0.29) is 12.1 Å². The van der Waals surface area contributed by atoms with Crippen LogP contribution in [0.2, 0.25) is 0 Å². The third kappa shape index (κ3) is 6.64. The number of hydrogen-bond acceptors (Lipinski definition) is 4. The summed E-state index contributed by atoms with van der Waals surface area (Å²) in [5.74, 6) is 0. The number of piperazine rings is 1. The maximum absolute atomic E-state index is 12.6. The van der Waals surface area contributed by atoms with Gasteiger partial charge in [0.15, 0.2) is 0 Å². The summed E-state index contributed by atoms with van der Waals surface area (Å²) in [4.78, 5) is 30.3. The topological polar surface area (TPSA) is 65.1 Å². The van der Waals surface area contributed by atoms with Crippen LogP contribution < -0.4 is 10.2 Å². The number of anilines is 2. The third-order valence-electron chi connectivity index (χ3n) is 5.04. The number of nitrogens with one attached hydrogen (secondary N) is 1. The third-order valence-corrected chi connectivity index (χ3v) is 5.04. The Kier molecular flexibility index (Phi) is 7.05. The number of nitrogens with zero attached hydrogens (tertiary/aromatic N) is 3. The van der Waals surface area contributed by atoms with E-state index in [2.05, 4.69) is 22.3 Å². The number of carbonyl (C=O) groups is 2. The second-order valence-electron chi connectivity index (χ2n) is 8.77. The summed E-state index contributed by atoms with van der Waals surface area (Å²) in [7, 11) is 2.05. The molecule has 3 rings (SSSR count). The minimum absolute atomic E-state index is 0.158. The van der Waals surface area contributed by atoms with Crippen molar-refractivity contribution in [3.8, 4) is 0 Å². The van der Waals surface area contributed by atoms with Crippen molar-refractivity contribution in [2.45, 2.75) is 32.9 Å². The Bertz CT molecular complexity index is 870. The van der Waals surface area contributed by atoms with Crippen LogP contribution in [0.5, 0.6) is 0 Å². The van der Waals surface area contributed by atoms with Crippen molar-refractivity contribution in [1.29, 1.82) is 0 Å². The Hall–Kier alpha value is -3.22. The first kappa shape index (κ1) is 22.5. The highest BCUT2D eigenvalue weighted by atomic mass is 16.6. The fraction of sp³-hybridized carbons (Fsp3) is 0.417. The molecule has 1 saturated heterocycles. The summed E-state index contributed by atoms with van der Waals surface area (Å²) in [6.07, 6.45) is -0.331. The van der Waals surface area contributed by atoms with E-state index in [0.717, 1.165) is 17.9 Å². The summed E-state index contributed by atoms with van der Waals surface area (Å²) in [6.45, 7) is 8.23. The molecule has 31 heavy (non-hydrogen) atoms. The van der Waals surface area contributed by atoms with Crippen LogP contribution >= 0.6 is 0 Å². The van der Waals surface area contributed by atoms with Crippen molar-refractivity contribution in [1.82, 2.24) is 9.80 Å². The molecule has 7 nitrogen and oxygen atoms in total. The van der Waals surface area contributed by atoms with Crippen molar-refractivity contribution in [2.24, 2.45) is 0 Å². The Morgan fingerprint density at radius 3 is 2.10 bits per heavy atom. The van der Waals surface area contributed by atoms with Gasteiger partial charge in [0.2, 0.25) is 0 Å². The minimum Gasteiger partial charge on any atom is -0.444 e. The molecule has 0 spiro atoms. The second-order valence-corrected chi connectivity index (χ2v) is 8.77. The molecule has 166 valence electrons. The maximum Gasteiger partial charge on any atom is 0.410 e. The van der Waals surface area contributed by atoms with E-state index in [1.165, 1.54) is 5.56 Å². The minimum atomic E-state index is -0.521. The molecule has 2 aromatic rings. The lowest BCUT2D eigenvalue weighted by Gasteiger charge is -2.35. The summed E-state index contributed by atoms with van der Waals surface area (Å²) in [5.41, 5.74) is 2.55. The lowest BCUT2D eigenvalue weighted by Crippen LogP contribution is -2.52. The second kappa shape index (κ2) is 9.73. The number of benzene rings is 2. The summed E-state index contributed by atoms with van der Waals surface area (Å²) in [6, 6.07) is 18.0.